The van der Waals surface area contributed by atoms with Crippen molar-refractivity contribution in [3.63, 3.8) is 0 Å². The maximum Gasteiger partial charge on any atom is 0.161 e. The summed E-state index contributed by atoms with van der Waals surface area (Å²) in [7, 11) is 0. The topological polar surface area (TPSA) is 24.4 Å². The molecular formula is C15H22N2S. The molecule has 1 heterocycles. The number of amidine groups is 1. The number of rotatable bonds is 5. The van der Waals surface area contributed by atoms with Crippen LogP contribution >= 0.6 is 11.8 Å². The van der Waals surface area contributed by atoms with Crippen LogP contribution in [0.1, 0.15) is 38.7 Å². The third kappa shape index (κ3) is 3.77. The number of thioether (sulfide) groups is 1. The van der Waals surface area contributed by atoms with Gasteiger partial charge in [0.05, 0.1) is 6.04 Å². The highest BCUT2D eigenvalue weighted by atomic mass is 32.2. The van der Waals surface area contributed by atoms with Gasteiger partial charge in [0.15, 0.2) is 5.17 Å². The van der Waals surface area contributed by atoms with E-state index in [4.69, 9.17) is 0 Å². The summed E-state index contributed by atoms with van der Waals surface area (Å²) in [5.41, 5.74) is 2.58. The van der Waals surface area contributed by atoms with Gasteiger partial charge in [-0.05, 0) is 37.0 Å². The van der Waals surface area contributed by atoms with Crippen molar-refractivity contribution in [1.82, 2.24) is 0 Å². The van der Waals surface area contributed by atoms with Gasteiger partial charge < -0.3 is 5.32 Å². The second-order valence-electron chi connectivity index (χ2n) is 4.73. The average Bonchev–Trinajstić information content (AvgIpc) is 2.86. The number of nitrogens with one attached hydrogen (secondary N) is 1. The zero-order valence-electron chi connectivity index (χ0n) is 11.3. The molecule has 0 amide bonds. The lowest BCUT2D eigenvalue weighted by Gasteiger charge is -2.06. The minimum absolute atomic E-state index is 0.501. The molecule has 0 saturated heterocycles. The molecule has 0 fully saturated rings. The van der Waals surface area contributed by atoms with Gasteiger partial charge in [-0.15, -0.1) is 0 Å². The predicted molar refractivity (Wildman–Crippen MR) is 82.6 cm³/mol. The van der Waals surface area contributed by atoms with Crippen molar-refractivity contribution in [2.75, 3.05) is 11.1 Å². The summed E-state index contributed by atoms with van der Waals surface area (Å²) < 4.78 is 0. The van der Waals surface area contributed by atoms with Crippen molar-refractivity contribution in [2.45, 2.75) is 45.6 Å². The van der Waals surface area contributed by atoms with E-state index in [0.29, 0.717) is 6.04 Å². The van der Waals surface area contributed by atoms with E-state index in [1.165, 1.54) is 24.8 Å². The van der Waals surface area contributed by atoms with Gasteiger partial charge in [-0.3, -0.25) is 4.99 Å². The van der Waals surface area contributed by atoms with Crippen LogP contribution < -0.4 is 5.32 Å². The van der Waals surface area contributed by atoms with Gasteiger partial charge in [-0.1, -0.05) is 44.2 Å². The van der Waals surface area contributed by atoms with Crippen LogP contribution in [0, 0.1) is 0 Å². The second-order valence-corrected chi connectivity index (χ2v) is 5.74. The number of nitrogens with zero attached hydrogens (tertiary/aromatic N) is 1. The zero-order valence-corrected chi connectivity index (χ0v) is 12.1. The van der Waals surface area contributed by atoms with E-state index in [0.717, 1.165) is 23.0 Å². The molecule has 1 atom stereocenters. The van der Waals surface area contributed by atoms with E-state index < -0.39 is 0 Å². The minimum Gasteiger partial charge on any atom is -0.335 e. The Hall–Kier alpha value is -0.960. The normalized spacial score (nSPS) is 18.8. The number of hydrogen-bond acceptors (Lipinski definition) is 3. The largest absolute Gasteiger partial charge is 0.335 e. The molecule has 1 N–H and O–H groups in total. The zero-order chi connectivity index (χ0) is 12.8. The molecule has 0 bridgehead atoms. The number of benzene rings is 1. The number of unbranched alkanes of at least 4 members (excludes halogenated alkanes) is 1. The number of aliphatic imine (C=N–C) groups is 1. The van der Waals surface area contributed by atoms with Crippen LogP contribution in [-0.2, 0) is 6.42 Å². The molecule has 0 radical (unpaired) electrons. The van der Waals surface area contributed by atoms with Gasteiger partial charge in [-0.25, -0.2) is 0 Å². The summed E-state index contributed by atoms with van der Waals surface area (Å²) in [4.78, 5) is 4.64. The molecule has 0 aromatic heterocycles. The maximum absolute atomic E-state index is 4.64. The van der Waals surface area contributed by atoms with Crippen LogP contribution in [0.4, 0.5) is 5.69 Å². The highest BCUT2D eigenvalue weighted by Gasteiger charge is 2.16. The summed E-state index contributed by atoms with van der Waals surface area (Å²) in [5, 5.41) is 4.47. The van der Waals surface area contributed by atoms with Crippen molar-refractivity contribution >= 4 is 22.6 Å². The molecule has 1 aromatic rings. The Morgan fingerprint density at radius 3 is 2.67 bits per heavy atom. The van der Waals surface area contributed by atoms with Gasteiger partial charge in [-0.2, -0.15) is 0 Å². The molecule has 1 aliphatic rings. The third-order valence-corrected chi connectivity index (χ3v) is 4.24. The Kier molecular flexibility index (Phi) is 5.12. The Bertz CT molecular complexity index is 397. The van der Waals surface area contributed by atoms with Crippen LogP contribution in [0.3, 0.4) is 0 Å². The lowest BCUT2D eigenvalue weighted by Crippen LogP contribution is -2.05. The first-order valence-corrected chi connectivity index (χ1v) is 7.87. The highest BCUT2D eigenvalue weighted by molar-refractivity contribution is 8.14. The molecule has 3 heteroatoms. The SMILES string of the molecule is CCCCc1ccc(NC2=N[C@H](CC)CS2)cc1. The Balaban J connectivity index is 1.90. The number of aryl methyl sites for hydroxylation is 1. The van der Waals surface area contributed by atoms with E-state index in [-0.39, 0.29) is 0 Å². The van der Waals surface area contributed by atoms with Gasteiger partial charge in [0, 0.05) is 11.4 Å². The predicted octanol–water partition coefficient (Wildman–Crippen LogP) is 4.32. The smallest absolute Gasteiger partial charge is 0.161 e. The van der Waals surface area contributed by atoms with Crippen LogP contribution in [-0.4, -0.2) is 17.0 Å². The van der Waals surface area contributed by atoms with E-state index in [1.807, 2.05) is 11.8 Å². The molecule has 0 unspecified atom stereocenters. The Morgan fingerprint density at radius 2 is 2.06 bits per heavy atom. The molecule has 18 heavy (non-hydrogen) atoms. The molecule has 2 rings (SSSR count). The van der Waals surface area contributed by atoms with Crippen LogP contribution in [0.2, 0.25) is 0 Å². The number of anilines is 1. The summed E-state index contributed by atoms with van der Waals surface area (Å²) in [6.07, 6.45) is 4.85. The standard InChI is InChI=1S/C15H22N2S/c1-3-5-6-12-7-9-14(10-8-12)17-15-16-13(4-2)11-18-15/h7-10,13H,3-6,11H2,1-2H3,(H,16,17)/t13-/m1/s1. The van der Waals surface area contributed by atoms with Crippen molar-refractivity contribution in [1.29, 1.82) is 0 Å². The molecule has 2 nitrogen and oxygen atoms in total. The molecule has 0 spiro atoms. The van der Waals surface area contributed by atoms with Crippen molar-refractivity contribution < 1.29 is 0 Å². The van der Waals surface area contributed by atoms with Crippen molar-refractivity contribution in [3.8, 4) is 0 Å². The quantitative estimate of drug-likeness (QED) is 0.854. The molecule has 1 aromatic carbocycles. The maximum atomic E-state index is 4.64. The lowest BCUT2D eigenvalue weighted by atomic mass is 10.1. The van der Waals surface area contributed by atoms with Crippen LogP contribution in [0.15, 0.2) is 29.3 Å². The van der Waals surface area contributed by atoms with Gasteiger partial charge in [0.25, 0.3) is 0 Å². The van der Waals surface area contributed by atoms with E-state index in [1.54, 1.807) is 0 Å². The van der Waals surface area contributed by atoms with Gasteiger partial charge in [0.1, 0.15) is 0 Å². The fourth-order valence-electron chi connectivity index (χ4n) is 1.95. The summed E-state index contributed by atoms with van der Waals surface area (Å²) >= 11 is 1.83. The third-order valence-electron chi connectivity index (χ3n) is 3.21. The summed E-state index contributed by atoms with van der Waals surface area (Å²) in [6.45, 7) is 4.43. The average molecular weight is 262 g/mol. The lowest BCUT2D eigenvalue weighted by molar-refractivity contribution is 0.738. The summed E-state index contributed by atoms with van der Waals surface area (Å²) in [6, 6.07) is 9.26. The van der Waals surface area contributed by atoms with Gasteiger partial charge >= 0.3 is 0 Å². The molecular weight excluding hydrogens is 240 g/mol. The van der Waals surface area contributed by atoms with Crippen molar-refractivity contribution in [3.05, 3.63) is 29.8 Å². The molecule has 0 aliphatic carbocycles. The second kappa shape index (κ2) is 6.83. The number of hydrogen-bond donors (Lipinski definition) is 1. The first kappa shape index (κ1) is 13.5. The highest BCUT2D eigenvalue weighted by Crippen LogP contribution is 2.22. The molecule has 1 aliphatic heterocycles. The van der Waals surface area contributed by atoms with Crippen LogP contribution in [0.25, 0.3) is 0 Å². The van der Waals surface area contributed by atoms with E-state index in [2.05, 4.69) is 48.4 Å². The fraction of sp³-hybridized carbons (Fsp3) is 0.533. The Morgan fingerprint density at radius 1 is 1.28 bits per heavy atom. The van der Waals surface area contributed by atoms with Crippen molar-refractivity contribution in [2.24, 2.45) is 4.99 Å². The first-order valence-electron chi connectivity index (χ1n) is 6.88. The van der Waals surface area contributed by atoms with Gasteiger partial charge in [0.2, 0.25) is 0 Å². The Labute approximate surface area is 114 Å². The molecule has 98 valence electrons. The summed E-state index contributed by atoms with van der Waals surface area (Å²) in [5.74, 6) is 1.12. The monoisotopic (exact) mass is 262 g/mol. The van der Waals surface area contributed by atoms with E-state index in [9.17, 15) is 0 Å². The fourth-order valence-corrected chi connectivity index (χ4v) is 3.03. The minimum atomic E-state index is 0.501. The first-order chi connectivity index (χ1) is 8.81. The van der Waals surface area contributed by atoms with E-state index >= 15 is 0 Å². The molecule has 0 saturated carbocycles. The van der Waals surface area contributed by atoms with Crippen LogP contribution in [0.5, 0.6) is 0 Å².